The second kappa shape index (κ2) is 10.2. The number of nitrogens with zero attached hydrogens (tertiary/aromatic N) is 7. The lowest BCUT2D eigenvalue weighted by atomic mass is 9.82. The Morgan fingerprint density at radius 3 is 2.59 bits per heavy atom. The molecule has 0 amide bonds. The zero-order valence-corrected chi connectivity index (χ0v) is 21.8. The first-order valence-corrected chi connectivity index (χ1v) is 12.8. The van der Waals surface area contributed by atoms with Gasteiger partial charge in [-0.1, -0.05) is 59.2 Å². The maximum Gasteiger partial charge on any atom is 0.274 e. The van der Waals surface area contributed by atoms with E-state index >= 15 is 0 Å². The maximum absolute atomic E-state index is 12.5. The molecule has 0 fully saturated rings. The molecule has 39 heavy (non-hydrogen) atoms. The Labute approximate surface area is 228 Å². The summed E-state index contributed by atoms with van der Waals surface area (Å²) >= 11 is 6.32. The molecule has 0 saturated heterocycles. The second-order valence-electron chi connectivity index (χ2n) is 9.29. The Hall–Kier alpha value is -4.22. The lowest BCUT2D eigenvalue weighted by molar-refractivity contribution is 0.117. The third-order valence-corrected chi connectivity index (χ3v) is 7.07. The van der Waals surface area contributed by atoms with Crippen LogP contribution in [0.3, 0.4) is 0 Å². The van der Waals surface area contributed by atoms with Crippen LogP contribution in [-0.4, -0.2) is 57.9 Å². The first-order valence-electron chi connectivity index (χ1n) is 12.4. The molecule has 0 aliphatic carbocycles. The van der Waals surface area contributed by atoms with Gasteiger partial charge in [-0.2, -0.15) is 4.52 Å². The van der Waals surface area contributed by atoms with Crippen LogP contribution in [0.5, 0.6) is 0 Å². The summed E-state index contributed by atoms with van der Waals surface area (Å²) in [6, 6.07) is 20.9. The van der Waals surface area contributed by atoms with Gasteiger partial charge in [-0.15, -0.1) is 0 Å². The standard InChI is InChI=1S/C28H25ClN8O2/c1-36-17-31-16-25(36)28(39,20-7-5-18(6-8-20)15-30-11-12-38)21-9-10-24-23(14-21)26(19-3-2-4-22(29)13-19)32-27-33-34-35-37(24)27/h2-10,13-14,16-17,30,38-39H,11-12,15H2,1H3. The highest BCUT2D eigenvalue weighted by molar-refractivity contribution is 6.30. The van der Waals surface area contributed by atoms with Gasteiger partial charge in [-0.25, -0.2) is 9.97 Å². The number of aliphatic hydroxyl groups excluding tert-OH is 1. The summed E-state index contributed by atoms with van der Waals surface area (Å²) < 4.78 is 3.38. The molecule has 0 bridgehead atoms. The van der Waals surface area contributed by atoms with Crippen LogP contribution < -0.4 is 5.32 Å². The number of aliphatic hydroxyl groups is 2. The van der Waals surface area contributed by atoms with Crippen molar-refractivity contribution < 1.29 is 10.2 Å². The second-order valence-corrected chi connectivity index (χ2v) is 9.73. The molecule has 11 heteroatoms. The third-order valence-electron chi connectivity index (χ3n) is 6.84. The molecule has 196 valence electrons. The summed E-state index contributed by atoms with van der Waals surface area (Å²) in [7, 11) is 1.85. The molecular weight excluding hydrogens is 516 g/mol. The van der Waals surface area contributed by atoms with Crippen molar-refractivity contribution in [2.75, 3.05) is 13.2 Å². The smallest absolute Gasteiger partial charge is 0.274 e. The van der Waals surface area contributed by atoms with Crippen LogP contribution in [-0.2, 0) is 19.2 Å². The number of hydrogen-bond donors (Lipinski definition) is 3. The molecule has 6 rings (SSSR count). The van der Waals surface area contributed by atoms with Crippen molar-refractivity contribution in [3.8, 4) is 11.3 Å². The van der Waals surface area contributed by atoms with Crippen LogP contribution in [0.15, 0.2) is 79.3 Å². The third kappa shape index (κ3) is 4.43. The first-order chi connectivity index (χ1) is 19.0. The van der Waals surface area contributed by atoms with E-state index in [1.54, 1.807) is 23.1 Å². The summed E-state index contributed by atoms with van der Waals surface area (Å²) in [6.07, 6.45) is 3.33. The Kier molecular flexibility index (Phi) is 6.53. The molecule has 0 radical (unpaired) electrons. The van der Waals surface area contributed by atoms with Crippen LogP contribution in [0.1, 0.15) is 22.4 Å². The maximum atomic E-state index is 12.5. The molecule has 0 aliphatic rings. The number of aromatic nitrogens is 7. The number of rotatable bonds is 8. The van der Waals surface area contributed by atoms with E-state index in [2.05, 4.69) is 25.8 Å². The molecule has 6 aromatic rings. The predicted molar refractivity (Wildman–Crippen MR) is 147 cm³/mol. The largest absolute Gasteiger partial charge is 0.395 e. The number of tetrazole rings is 1. The lowest BCUT2D eigenvalue weighted by Gasteiger charge is -2.30. The molecule has 3 aromatic carbocycles. The highest BCUT2D eigenvalue weighted by atomic mass is 35.5. The molecule has 0 spiro atoms. The summed E-state index contributed by atoms with van der Waals surface area (Å²) in [5, 5.41) is 38.1. The van der Waals surface area contributed by atoms with Crippen molar-refractivity contribution in [3.63, 3.8) is 0 Å². The quantitative estimate of drug-likeness (QED) is 0.251. The zero-order chi connectivity index (χ0) is 27.0. The van der Waals surface area contributed by atoms with E-state index in [4.69, 9.17) is 21.7 Å². The summed E-state index contributed by atoms with van der Waals surface area (Å²) in [5.74, 6) is 0.359. The minimum atomic E-state index is -1.53. The van der Waals surface area contributed by atoms with Gasteiger partial charge in [0.05, 0.1) is 36.0 Å². The molecule has 3 aromatic heterocycles. The van der Waals surface area contributed by atoms with Crippen molar-refractivity contribution in [1.82, 2.24) is 39.9 Å². The summed E-state index contributed by atoms with van der Waals surface area (Å²) in [5.41, 5.74) is 3.60. The van der Waals surface area contributed by atoms with E-state index in [1.165, 1.54) is 0 Å². The van der Waals surface area contributed by atoms with Crippen LogP contribution in [0.25, 0.3) is 27.9 Å². The molecule has 1 atom stereocenters. The number of aryl methyl sites for hydroxylation is 1. The van der Waals surface area contributed by atoms with Crippen LogP contribution in [0, 0.1) is 0 Å². The fourth-order valence-electron chi connectivity index (χ4n) is 4.90. The van der Waals surface area contributed by atoms with E-state index < -0.39 is 5.60 Å². The normalized spacial score (nSPS) is 13.2. The summed E-state index contributed by atoms with van der Waals surface area (Å²) in [4.78, 5) is 9.03. The molecular formula is C28H25ClN8O2. The van der Waals surface area contributed by atoms with Gasteiger partial charge in [0, 0.05) is 36.1 Å². The lowest BCUT2D eigenvalue weighted by Crippen LogP contribution is -2.31. The topological polar surface area (TPSA) is 126 Å². The minimum absolute atomic E-state index is 0.0727. The van der Waals surface area contributed by atoms with E-state index in [9.17, 15) is 5.11 Å². The molecule has 1 unspecified atom stereocenters. The van der Waals surface area contributed by atoms with Crippen molar-refractivity contribution in [3.05, 3.63) is 107 Å². The van der Waals surface area contributed by atoms with Gasteiger partial charge in [-0.05, 0) is 51.4 Å². The van der Waals surface area contributed by atoms with Gasteiger partial charge in [0.2, 0.25) is 0 Å². The van der Waals surface area contributed by atoms with Gasteiger partial charge in [-0.3, -0.25) is 0 Å². The van der Waals surface area contributed by atoms with E-state index in [-0.39, 0.29) is 6.61 Å². The van der Waals surface area contributed by atoms with Crippen LogP contribution >= 0.6 is 11.6 Å². The number of fused-ring (bicyclic) bond motifs is 3. The summed E-state index contributed by atoms with van der Waals surface area (Å²) in [6.45, 7) is 1.19. The number of halogens is 1. The first kappa shape index (κ1) is 25.1. The molecule has 0 saturated carbocycles. The van der Waals surface area contributed by atoms with Crippen molar-refractivity contribution >= 4 is 28.3 Å². The number of hydrogen-bond acceptors (Lipinski definition) is 8. The fourth-order valence-corrected chi connectivity index (χ4v) is 5.09. The Morgan fingerprint density at radius 2 is 1.85 bits per heavy atom. The zero-order valence-electron chi connectivity index (χ0n) is 21.0. The number of imidazole rings is 1. The SMILES string of the molecule is Cn1cncc1C(O)(c1ccc(CNCCO)cc1)c1ccc2c(c1)c(-c1cccc(Cl)c1)nc1nnnn12. The predicted octanol–water partition coefficient (Wildman–Crippen LogP) is 3.09. The number of nitrogens with one attached hydrogen (secondary N) is 1. The average molecular weight is 541 g/mol. The van der Waals surface area contributed by atoms with E-state index in [1.807, 2.05) is 72.3 Å². The monoisotopic (exact) mass is 540 g/mol. The molecule has 0 aliphatic heterocycles. The molecule has 10 nitrogen and oxygen atoms in total. The average Bonchev–Trinajstić information content (AvgIpc) is 3.61. The van der Waals surface area contributed by atoms with Crippen LogP contribution in [0.4, 0.5) is 0 Å². The van der Waals surface area contributed by atoms with Crippen molar-refractivity contribution in [1.29, 1.82) is 0 Å². The van der Waals surface area contributed by atoms with E-state index in [0.29, 0.717) is 46.4 Å². The van der Waals surface area contributed by atoms with Gasteiger partial charge in [0.1, 0.15) is 0 Å². The Morgan fingerprint density at radius 1 is 1.03 bits per heavy atom. The number of benzene rings is 3. The Bertz CT molecular complexity index is 1780. The minimum Gasteiger partial charge on any atom is -0.395 e. The molecule has 3 N–H and O–H groups in total. The van der Waals surface area contributed by atoms with Crippen molar-refractivity contribution in [2.24, 2.45) is 7.05 Å². The van der Waals surface area contributed by atoms with Crippen LogP contribution in [0.2, 0.25) is 5.02 Å². The highest BCUT2D eigenvalue weighted by Crippen LogP contribution is 2.39. The fraction of sp³-hybridized carbons (Fsp3) is 0.179. The van der Waals surface area contributed by atoms with Gasteiger partial charge >= 0.3 is 0 Å². The Balaban J connectivity index is 1.56. The van der Waals surface area contributed by atoms with Crippen molar-refractivity contribution in [2.45, 2.75) is 12.1 Å². The van der Waals surface area contributed by atoms with Gasteiger partial charge in [0.15, 0.2) is 5.60 Å². The molecule has 3 heterocycles. The van der Waals surface area contributed by atoms with Gasteiger partial charge in [0.25, 0.3) is 5.78 Å². The van der Waals surface area contributed by atoms with Gasteiger partial charge < -0.3 is 20.1 Å². The van der Waals surface area contributed by atoms with E-state index in [0.717, 1.165) is 22.0 Å². The highest BCUT2D eigenvalue weighted by Gasteiger charge is 2.37.